The molecule has 0 aliphatic heterocycles. The molecule has 0 aliphatic rings. The standard InChI is InChI=1S/4C18H12Cl3P.Pd/c4*19-13-1-7-16(8-2-13)22(17-9-3-14(20)4-10-17)18-11-5-15(21)6-12-18;/h4*1-12H;. The first-order valence-corrected chi connectivity index (χ1v) is 36.7. The van der Waals surface area contributed by atoms with Crippen LogP contribution in [0.2, 0.25) is 60.3 Å². The van der Waals surface area contributed by atoms with Gasteiger partial charge >= 0.3 is 0 Å². The average Bonchev–Trinajstić information content (AvgIpc) is 2.73. The van der Waals surface area contributed by atoms with Gasteiger partial charge in [-0.3, -0.25) is 0 Å². The van der Waals surface area contributed by atoms with E-state index in [9.17, 15) is 0 Å². The molecule has 0 unspecified atom stereocenters. The number of hydrogen-bond acceptors (Lipinski definition) is 0. The van der Waals surface area contributed by atoms with Crippen molar-refractivity contribution in [2.45, 2.75) is 0 Å². The molecule has 0 radical (unpaired) electrons. The van der Waals surface area contributed by atoms with Crippen LogP contribution in [-0.4, -0.2) is 0 Å². The third-order valence-corrected chi connectivity index (χ3v) is 25.8. The molecular weight excluding hydrogens is 1520 g/mol. The molecule has 450 valence electrons. The van der Waals surface area contributed by atoms with Gasteiger partial charge in [0.15, 0.2) is 0 Å². The Morgan fingerprint density at radius 2 is 0.169 bits per heavy atom. The molecule has 0 bridgehead atoms. The monoisotopic (exact) mass is 1560 g/mol. The van der Waals surface area contributed by atoms with E-state index in [1.807, 2.05) is 146 Å². The van der Waals surface area contributed by atoms with Crippen LogP contribution < -0.4 is 63.7 Å². The van der Waals surface area contributed by atoms with Crippen molar-refractivity contribution in [2.75, 3.05) is 0 Å². The largest absolute Gasteiger partial charge is 0.0843 e. The summed E-state index contributed by atoms with van der Waals surface area (Å²) >= 11 is 72.3. The first-order chi connectivity index (χ1) is 42.5. The summed E-state index contributed by atoms with van der Waals surface area (Å²) < 4.78 is 0. The van der Waals surface area contributed by atoms with Gasteiger partial charge in [-0.25, -0.2) is 0 Å². The fourth-order valence-corrected chi connectivity index (χ4v) is 19.3. The van der Waals surface area contributed by atoms with Crippen LogP contribution >= 0.6 is 171 Å². The summed E-state index contributed by atoms with van der Waals surface area (Å²) in [5.74, 6) is 0. The molecule has 12 rings (SSSR count). The number of hydrogen-bond donors (Lipinski definition) is 0. The summed E-state index contributed by atoms with van der Waals surface area (Å²) in [5.41, 5.74) is 0. The van der Waals surface area contributed by atoms with Crippen LogP contribution in [0.25, 0.3) is 0 Å². The maximum atomic E-state index is 6.02. The first-order valence-electron chi connectivity index (χ1n) is 26.8. The van der Waals surface area contributed by atoms with Gasteiger partial charge in [0.25, 0.3) is 0 Å². The van der Waals surface area contributed by atoms with E-state index in [0.29, 0.717) is 0 Å². The summed E-state index contributed by atoms with van der Waals surface area (Å²) in [5, 5.41) is 23.8. The molecule has 0 nitrogen and oxygen atoms in total. The van der Waals surface area contributed by atoms with Gasteiger partial charge in [-0.2, -0.15) is 0 Å². The van der Waals surface area contributed by atoms with Gasteiger partial charge < -0.3 is 0 Å². The van der Waals surface area contributed by atoms with Crippen LogP contribution in [0.1, 0.15) is 0 Å². The van der Waals surface area contributed by atoms with E-state index < -0.39 is 31.7 Å². The van der Waals surface area contributed by atoms with Crippen LogP contribution in [0.15, 0.2) is 291 Å². The molecule has 0 N–H and O–H groups in total. The molecule has 17 heteroatoms. The van der Waals surface area contributed by atoms with E-state index in [1.54, 1.807) is 0 Å². The second-order valence-electron chi connectivity index (χ2n) is 19.1. The Hall–Kier alpha value is -3.50. The topological polar surface area (TPSA) is 0 Å². The fourth-order valence-electron chi connectivity index (χ4n) is 8.87. The summed E-state index contributed by atoms with van der Waals surface area (Å²) in [4.78, 5) is 0. The molecule has 0 atom stereocenters. The molecular formula is C72H48Cl12P4Pd. The van der Waals surface area contributed by atoms with Gasteiger partial charge in [0.1, 0.15) is 0 Å². The molecule has 0 aromatic heterocycles. The van der Waals surface area contributed by atoms with Crippen LogP contribution in [-0.2, 0) is 20.4 Å². The maximum Gasteiger partial charge on any atom is 0.0406 e. The Kier molecular flexibility index (Phi) is 28.6. The van der Waals surface area contributed by atoms with Crippen molar-refractivity contribution in [3.8, 4) is 0 Å². The third-order valence-electron chi connectivity index (χ3n) is 13.0. The first kappa shape index (κ1) is 71.4. The smallest absolute Gasteiger partial charge is 0.0406 e. The van der Waals surface area contributed by atoms with Crippen LogP contribution in [0.4, 0.5) is 0 Å². The predicted molar refractivity (Wildman–Crippen MR) is 401 cm³/mol. The molecule has 12 aromatic carbocycles. The summed E-state index contributed by atoms with van der Waals surface area (Å²) in [7, 11) is -2.64. The minimum absolute atomic E-state index is 0. The van der Waals surface area contributed by atoms with Gasteiger partial charge in [-0.15, -0.1) is 0 Å². The van der Waals surface area contributed by atoms with Crippen molar-refractivity contribution in [3.63, 3.8) is 0 Å². The van der Waals surface area contributed by atoms with E-state index >= 15 is 0 Å². The zero-order valence-corrected chi connectivity index (χ0v) is 60.6. The minimum Gasteiger partial charge on any atom is -0.0843 e. The summed E-state index contributed by atoms with van der Waals surface area (Å²) in [6, 6.07) is 96.2. The molecule has 0 aliphatic carbocycles. The second kappa shape index (κ2) is 35.7. The van der Waals surface area contributed by atoms with E-state index in [-0.39, 0.29) is 20.4 Å². The van der Waals surface area contributed by atoms with E-state index in [4.69, 9.17) is 139 Å². The number of rotatable bonds is 12. The van der Waals surface area contributed by atoms with Crippen molar-refractivity contribution in [1.29, 1.82) is 0 Å². The molecule has 12 aromatic rings. The summed E-state index contributed by atoms with van der Waals surface area (Å²) in [6.07, 6.45) is 0. The van der Waals surface area contributed by atoms with Crippen LogP contribution in [0.5, 0.6) is 0 Å². The molecule has 0 heterocycles. The average molecular weight is 1570 g/mol. The molecule has 0 spiro atoms. The van der Waals surface area contributed by atoms with Gasteiger partial charge in [0.2, 0.25) is 0 Å². The van der Waals surface area contributed by atoms with Crippen LogP contribution in [0.3, 0.4) is 0 Å². The number of benzene rings is 12. The maximum absolute atomic E-state index is 6.02. The normalized spacial score (nSPS) is 10.8. The van der Waals surface area contributed by atoms with Crippen molar-refractivity contribution in [1.82, 2.24) is 0 Å². The SMILES string of the molecule is Clc1ccc(P(c2ccc(Cl)cc2)c2ccc(Cl)cc2)cc1.Clc1ccc(P(c2ccc(Cl)cc2)c2ccc(Cl)cc2)cc1.Clc1ccc(P(c2ccc(Cl)cc2)c2ccc(Cl)cc2)cc1.Clc1ccc(P(c2ccc(Cl)cc2)c2ccc(Cl)cc2)cc1.[Pd]. The quantitative estimate of drug-likeness (QED) is 0.0845. The minimum atomic E-state index is -0.659. The van der Waals surface area contributed by atoms with E-state index in [2.05, 4.69) is 146 Å². The molecule has 0 saturated carbocycles. The Morgan fingerprint density at radius 1 is 0.112 bits per heavy atom. The molecule has 0 amide bonds. The van der Waals surface area contributed by atoms with E-state index in [1.165, 1.54) is 63.7 Å². The van der Waals surface area contributed by atoms with Crippen molar-refractivity contribution >= 4 is 235 Å². The molecule has 0 fully saturated rings. The Labute approximate surface area is 599 Å². The zero-order valence-electron chi connectivity index (χ0n) is 46.4. The van der Waals surface area contributed by atoms with Crippen molar-refractivity contribution in [3.05, 3.63) is 351 Å². The summed E-state index contributed by atoms with van der Waals surface area (Å²) in [6.45, 7) is 0. The Bertz CT molecular complexity index is 3120. The van der Waals surface area contributed by atoms with Gasteiger partial charge in [-0.05, 0) is 241 Å². The molecule has 0 saturated heterocycles. The zero-order chi connectivity index (χ0) is 62.1. The van der Waals surface area contributed by atoms with Gasteiger partial charge in [-0.1, -0.05) is 285 Å². The van der Waals surface area contributed by atoms with Crippen molar-refractivity contribution in [2.24, 2.45) is 0 Å². The predicted octanol–water partition coefficient (Wildman–Crippen LogP) is 21.6. The Morgan fingerprint density at radius 3 is 0.225 bits per heavy atom. The van der Waals surface area contributed by atoms with Crippen LogP contribution in [0, 0.1) is 0 Å². The van der Waals surface area contributed by atoms with Gasteiger partial charge in [0.05, 0.1) is 0 Å². The van der Waals surface area contributed by atoms with Gasteiger partial charge in [0, 0.05) is 80.7 Å². The second-order valence-corrected chi connectivity index (χ2v) is 33.2. The Balaban J connectivity index is 0.000000153. The molecule has 89 heavy (non-hydrogen) atoms. The number of halogens is 12. The fraction of sp³-hybridized carbons (Fsp3) is 0. The van der Waals surface area contributed by atoms with Crippen molar-refractivity contribution < 1.29 is 20.4 Å². The third kappa shape index (κ3) is 21.3. The van der Waals surface area contributed by atoms with E-state index in [0.717, 1.165) is 60.3 Å².